The summed E-state index contributed by atoms with van der Waals surface area (Å²) in [5.74, 6) is 0.572. The van der Waals surface area contributed by atoms with Crippen molar-refractivity contribution < 1.29 is 18.3 Å². The number of β-amino-alcohol motifs (C(OH)–C–C–N with tert-alkyl or cyclic N) is 1. The van der Waals surface area contributed by atoms with Gasteiger partial charge in [0.25, 0.3) is 0 Å². The zero-order chi connectivity index (χ0) is 17.9. The standard InChI is InChI=1S/C18H30N2O4S/c21-17-7-3-10-19(14-17)18(22)8-4-12-25(23,24)20-11-9-15-5-1-2-6-16(15)13-20/h6,15,17,21H,1-5,7-14H2/t15?,17-/m1/s1. The molecule has 6 nitrogen and oxygen atoms in total. The molecular weight excluding hydrogens is 340 g/mol. The Balaban J connectivity index is 1.47. The molecule has 1 N–H and O–H groups in total. The van der Waals surface area contributed by atoms with E-state index in [1.165, 1.54) is 18.4 Å². The predicted molar refractivity (Wildman–Crippen MR) is 96.5 cm³/mol. The lowest BCUT2D eigenvalue weighted by atomic mass is 9.83. The molecule has 25 heavy (non-hydrogen) atoms. The Hall–Kier alpha value is -0.920. The number of amides is 1. The SMILES string of the molecule is O=C(CCCS(=O)(=O)N1CCC2CCCC=C2C1)N1CCC[C@@H](O)C1. The molecule has 2 heterocycles. The molecule has 0 spiro atoms. The van der Waals surface area contributed by atoms with Crippen LogP contribution in [0.3, 0.4) is 0 Å². The largest absolute Gasteiger partial charge is 0.391 e. The van der Waals surface area contributed by atoms with E-state index < -0.39 is 16.1 Å². The first kappa shape index (κ1) is 18.9. The van der Waals surface area contributed by atoms with Gasteiger partial charge in [0, 0.05) is 32.6 Å². The highest BCUT2D eigenvalue weighted by Crippen LogP contribution is 2.33. The van der Waals surface area contributed by atoms with Crippen molar-refractivity contribution in [3.05, 3.63) is 11.6 Å². The van der Waals surface area contributed by atoms with E-state index in [2.05, 4.69) is 6.08 Å². The van der Waals surface area contributed by atoms with Crippen LogP contribution in [-0.4, -0.2) is 66.7 Å². The van der Waals surface area contributed by atoms with Gasteiger partial charge in [-0.2, -0.15) is 4.31 Å². The zero-order valence-electron chi connectivity index (χ0n) is 14.9. The Kier molecular flexibility index (Phi) is 6.17. The number of carbonyl (C=O) groups is 1. The van der Waals surface area contributed by atoms with Crippen LogP contribution >= 0.6 is 0 Å². The highest BCUT2D eigenvalue weighted by molar-refractivity contribution is 7.89. The van der Waals surface area contributed by atoms with Crippen LogP contribution < -0.4 is 0 Å². The first-order valence-electron chi connectivity index (χ1n) is 9.58. The summed E-state index contributed by atoms with van der Waals surface area (Å²) < 4.78 is 26.8. The number of sulfonamides is 1. The second-order valence-corrected chi connectivity index (χ2v) is 9.67. The summed E-state index contributed by atoms with van der Waals surface area (Å²) in [5.41, 5.74) is 1.29. The lowest BCUT2D eigenvalue weighted by Crippen LogP contribution is -2.43. The molecule has 0 radical (unpaired) electrons. The van der Waals surface area contributed by atoms with Gasteiger partial charge >= 0.3 is 0 Å². The molecule has 0 aromatic heterocycles. The maximum atomic E-state index is 12.6. The molecule has 0 bridgehead atoms. The van der Waals surface area contributed by atoms with Crippen molar-refractivity contribution in [2.24, 2.45) is 5.92 Å². The molecule has 2 fully saturated rings. The topological polar surface area (TPSA) is 77.9 Å². The molecule has 2 atom stereocenters. The molecule has 0 aromatic carbocycles. The van der Waals surface area contributed by atoms with Crippen LogP contribution in [0.2, 0.25) is 0 Å². The van der Waals surface area contributed by atoms with Gasteiger partial charge in [-0.3, -0.25) is 4.79 Å². The molecule has 7 heteroatoms. The monoisotopic (exact) mass is 370 g/mol. The molecule has 142 valence electrons. The minimum Gasteiger partial charge on any atom is -0.391 e. The number of allylic oxidation sites excluding steroid dienone is 1. The molecule has 2 saturated heterocycles. The van der Waals surface area contributed by atoms with Gasteiger partial charge in [0.2, 0.25) is 15.9 Å². The van der Waals surface area contributed by atoms with Gasteiger partial charge in [0.15, 0.2) is 0 Å². The van der Waals surface area contributed by atoms with Crippen LogP contribution in [0.5, 0.6) is 0 Å². The van der Waals surface area contributed by atoms with Crippen LogP contribution in [0.25, 0.3) is 0 Å². The molecule has 0 saturated carbocycles. The third-order valence-corrected chi connectivity index (χ3v) is 7.61. The molecule has 2 aliphatic heterocycles. The number of aliphatic hydroxyl groups excluding tert-OH is 1. The fourth-order valence-electron chi connectivity index (χ4n) is 4.22. The van der Waals surface area contributed by atoms with E-state index in [-0.39, 0.29) is 18.1 Å². The third-order valence-electron chi connectivity index (χ3n) is 5.71. The van der Waals surface area contributed by atoms with Crippen molar-refractivity contribution in [2.75, 3.05) is 31.9 Å². The van der Waals surface area contributed by atoms with Crippen molar-refractivity contribution in [1.82, 2.24) is 9.21 Å². The normalized spacial score (nSPS) is 28.4. The van der Waals surface area contributed by atoms with Crippen molar-refractivity contribution in [3.8, 4) is 0 Å². The van der Waals surface area contributed by atoms with Crippen molar-refractivity contribution in [2.45, 2.75) is 57.5 Å². The van der Waals surface area contributed by atoms with E-state index in [4.69, 9.17) is 0 Å². The number of nitrogens with zero attached hydrogens (tertiary/aromatic N) is 2. The van der Waals surface area contributed by atoms with Gasteiger partial charge in [-0.15, -0.1) is 0 Å². The first-order valence-corrected chi connectivity index (χ1v) is 11.2. The number of rotatable bonds is 5. The minimum absolute atomic E-state index is 0.0348. The minimum atomic E-state index is -3.30. The Bertz CT molecular complexity index is 617. The van der Waals surface area contributed by atoms with E-state index in [9.17, 15) is 18.3 Å². The molecule has 3 rings (SSSR count). The predicted octanol–water partition coefficient (Wildman–Crippen LogP) is 1.51. The first-order chi connectivity index (χ1) is 12.0. The smallest absolute Gasteiger partial charge is 0.222 e. The van der Waals surface area contributed by atoms with Gasteiger partial charge in [0.05, 0.1) is 11.9 Å². The lowest BCUT2D eigenvalue weighted by molar-refractivity contribution is -0.134. The van der Waals surface area contributed by atoms with Crippen molar-refractivity contribution >= 4 is 15.9 Å². The van der Waals surface area contributed by atoms with Crippen LogP contribution in [0.1, 0.15) is 51.4 Å². The summed E-state index contributed by atoms with van der Waals surface area (Å²) in [5, 5.41) is 9.65. The van der Waals surface area contributed by atoms with Gasteiger partial charge in [-0.05, 0) is 50.9 Å². The van der Waals surface area contributed by atoms with Crippen LogP contribution in [0.15, 0.2) is 11.6 Å². The van der Waals surface area contributed by atoms with E-state index in [0.717, 1.165) is 25.7 Å². The lowest BCUT2D eigenvalue weighted by Gasteiger charge is -2.35. The Labute approximate surface area is 150 Å². The van der Waals surface area contributed by atoms with E-state index in [1.54, 1.807) is 9.21 Å². The molecule has 1 amide bonds. The third kappa shape index (κ3) is 4.83. The van der Waals surface area contributed by atoms with Crippen molar-refractivity contribution in [1.29, 1.82) is 0 Å². The highest BCUT2D eigenvalue weighted by atomic mass is 32.2. The molecule has 3 aliphatic rings. The summed E-state index contributed by atoms with van der Waals surface area (Å²) in [6, 6.07) is 0. The summed E-state index contributed by atoms with van der Waals surface area (Å²) in [7, 11) is -3.30. The van der Waals surface area contributed by atoms with E-state index in [1.807, 2.05) is 0 Å². The van der Waals surface area contributed by atoms with Gasteiger partial charge in [-0.25, -0.2) is 8.42 Å². The summed E-state index contributed by atoms with van der Waals surface area (Å²) in [6.07, 6.45) is 8.33. The Morgan fingerprint density at radius 1 is 1.20 bits per heavy atom. The summed E-state index contributed by atoms with van der Waals surface area (Å²) >= 11 is 0. The number of carbonyl (C=O) groups excluding carboxylic acids is 1. The summed E-state index contributed by atoms with van der Waals surface area (Å²) in [4.78, 5) is 13.9. The maximum absolute atomic E-state index is 12.6. The number of fused-ring (bicyclic) bond motifs is 1. The van der Waals surface area contributed by atoms with E-state index in [0.29, 0.717) is 38.5 Å². The van der Waals surface area contributed by atoms with E-state index >= 15 is 0 Å². The second-order valence-electron chi connectivity index (χ2n) is 7.58. The number of hydrogen-bond donors (Lipinski definition) is 1. The number of likely N-dealkylation sites (tertiary alicyclic amines) is 1. The van der Waals surface area contributed by atoms with Crippen LogP contribution in [0.4, 0.5) is 0 Å². The molecular formula is C18H30N2O4S. The molecule has 0 aromatic rings. The maximum Gasteiger partial charge on any atom is 0.222 e. The van der Waals surface area contributed by atoms with Gasteiger partial charge in [0.1, 0.15) is 0 Å². The Morgan fingerprint density at radius 2 is 2.04 bits per heavy atom. The number of piperidine rings is 2. The quantitative estimate of drug-likeness (QED) is 0.744. The number of hydrogen-bond acceptors (Lipinski definition) is 4. The van der Waals surface area contributed by atoms with Crippen LogP contribution in [0, 0.1) is 5.92 Å². The summed E-state index contributed by atoms with van der Waals surface area (Å²) in [6.45, 7) is 2.20. The fraction of sp³-hybridized carbons (Fsp3) is 0.833. The highest BCUT2D eigenvalue weighted by Gasteiger charge is 2.31. The van der Waals surface area contributed by atoms with Crippen molar-refractivity contribution in [3.63, 3.8) is 0 Å². The fourth-order valence-corrected chi connectivity index (χ4v) is 5.72. The average molecular weight is 371 g/mol. The van der Waals surface area contributed by atoms with Gasteiger partial charge in [-0.1, -0.05) is 11.6 Å². The van der Waals surface area contributed by atoms with Crippen LogP contribution in [-0.2, 0) is 14.8 Å². The molecule has 1 unspecified atom stereocenters. The molecule has 1 aliphatic carbocycles. The zero-order valence-corrected chi connectivity index (χ0v) is 15.7. The number of aliphatic hydroxyl groups is 1. The average Bonchev–Trinajstić information content (AvgIpc) is 2.61. The van der Waals surface area contributed by atoms with Gasteiger partial charge < -0.3 is 10.0 Å². The second kappa shape index (κ2) is 8.18. The Morgan fingerprint density at radius 3 is 2.84 bits per heavy atom.